The molecular weight excluding hydrogens is 620 g/mol. The summed E-state index contributed by atoms with van der Waals surface area (Å²) in [5.41, 5.74) is 3.68. The lowest BCUT2D eigenvalue weighted by Gasteiger charge is -2.31. The molecule has 5 aromatic rings. The summed E-state index contributed by atoms with van der Waals surface area (Å²) < 4.78 is 44.5. The number of rotatable bonds is 12. The first-order valence-electron chi connectivity index (χ1n) is 15.6. The lowest BCUT2D eigenvalue weighted by Crippen LogP contribution is -2.38. The number of hydrogen-bond donors (Lipinski definition) is 1. The molecule has 4 heterocycles. The van der Waals surface area contributed by atoms with E-state index >= 15 is 0 Å². The van der Waals surface area contributed by atoms with Crippen molar-refractivity contribution in [3.8, 4) is 17.7 Å². The first-order valence-corrected chi connectivity index (χ1v) is 15.6. The van der Waals surface area contributed by atoms with Crippen molar-refractivity contribution in [1.82, 2.24) is 29.0 Å². The van der Waals surface area contributed by atoms with E-state index in [-0.39, 0.29) is 35.6 Å². The summed E-state index contributed by atoms with van der Waals surface area (Å²) in [7, 11) is 0. The van der Waals surface area contributed by atoms with Crippen LogP contribution in [0.4, 0.5) is 8.78 Å². The third-order valence-corrected chi connectivity index (χ3v) is 8.23. The summed E-state index contributed by atoms with van der Waals surface area (Å²) in [4.78, 5) is 27.0. The molecule has 2 aromatic carbocycles. The van der Waals surface area contributed by atoms with E-state index < -0.39 is 17.6 Å². The second-order valence-corrected chi connectivity index (χ2v) is 11.4. The van der Waals surface area contributed by atoms with Crippen LogP contribution in [0.15, 0.2) is 67.1 Å². The first kappa shape index (κ1) is 32.3. The van der Waals surface area contributed by atoms with Crippen LogP contribution in [0.25, 0.3) is 17.1 Å². The summed E-state index contributed by atoms with van der Waals surface area (Å²) in [5, 5.41) is 18.0. The highest BCUT2D eigenvalue weighted by Gasteiger charge is 2.24. The van der Waals surface area contributed by atoms with Crippen LogP contribution in [0.5, 0.6) is 11.6 Å². The second kappa shape index (κ2) is 14.4. The number of carbonyl (C=O) groups is 1. The molecule has 246 valence electrons. The fourth-order valence-electron chi connectivity index (χ4n) is 5.71. The van der Waals surface area contributed by atoms with Gasteiger partial charge in [-0.1, -0.05) is 6.07 Å². The van der Waals surface area contributed by atoms with E-state index in [1.54, 1.807) is 12.4 Å². The van der Waals surface area contributed by atoms with Crippen molar-refractivity contribution in [2.24, 2.45) is 0 Å². The summed E-state index contributed by atoms with van der Waals surface area (Å²) in [6.45, 7) is 5.18. The molecule has 0 radical (unpaired) electrons. The Morgan fingerprint density at radius 3 is 2.67 bits per heavy atom. The van der Waals surface area contributed by atoms with Crippen LogP contribution >= 0.6 is 0 Å². The monoisotopic (exact) mass is 653 g/mol. The largest absolute Gasteiger partial charge is 0.484 e. The maximum Gasteiger partial charge on any atom is 0.328 e. The van der Waals surface area contributed by atoms with Gasteiger partial charge in [0, 0.05) is 38.0 Å². The molecule has 0 aliphatic carbocycles. The van der Waals surface area contributed by atoms with Crippen molar-refractivity contribution in [2.75, 3.05) is 13.1 Å². The van der Waals surface area contributed by atoms with E-state index in [0.29, 0.717) is 25.9 Å². The minimum Gasteiger partial charge on any atom is -0.484 e. The van der Waals surface area contributed by atoms with Gasteiger partial charge in [-0.2, -0.15) is 5.26 Å². The Hall–Kier alpha value is -5.61. The van der Waals surface area contributed by atoms with Gasteiger partial charge in [0.05, 0.1) is 47.8 Å². The predicted molar refractivity (Wildman–Crippen MR) is 172 cm³/mol. The van der Waals surface area contributed by atoms with E-state index in [1.807, 2.05) is 30.5 Å². The number of fused-ring (bicyclic) bond motifs is 1. The zero-order valence-corrected chi connectivity index (χ0v) is 26.2. The van der Waals surface area contributed by atoms with Crippen molar-refractivity contribution < 1.29 is 28.2 Å². The first-order chi connectivity index (χ1) is 23.3. The number of aryl methyl sites for hydroxylation is 1. The Bertz CT molecular complexity index is 2010. The highest BCUT2D eigenvalue weighted by Crippen LogP contribution is 2.25. The number of carboxylic acid groups (broad SMARTS) is 1. The van der Waals surface area contributed by atoms with Crippen molar-refractivity contribution in [2.45, 2.75) is 52.1 Å². The second-order valence-electron chi connectivity index (χ2n) is 11.4. The average molecular weight is 654 g/mol. The van der Waals surface area contributed by atoms with Crippen molar-refractivity contribution in [1.29, 1.82) is 5.26 Å². The van der Waals surface area contributed by atoms with Gasteiger partial charge in [0.2, 0.25) is 5.88 Å². The fourth-order valence-corrected chi connectivity index (χ4v) is 5.71. The van der Waals surface area contributed by atoms with E-state index in [1.165, 1.54) is 24.3 Å². The molecule has 11 nitrogen and oxygen atoms in total. The van der Waals surface area contributed by atoms with Gasteiger partial charge in [0.1, 0.15) is 30.0 Å². The summed E-state index contributed by atoms with van der Waals surface area (Å²) in [6.07, 6.45) is 7.65. The molecule has 6 rings (SSSR count). The molecule has 0 amide bonds. The van der Waals surface area contributed by atoms with E-state index in [4.69, 9.17) is 24.8 Å². The zero-order valence-electron chi connectivity index (χ0n) is 26.2. The Morgan fingerprint density at radius 2 is 1.92 bits per heavy atom. The number of piperidine rings is 1. The van der Waals surface area contributed by atoms with Gasteiger partial charge in [-0.3, -0.25) is 4.90 Å². The van der Waals surface area contributed by atoms with E-state index in [0.717, 1.165) is 59.9 Å². The van der Waals surface area contributed by atoms with E-state index in [2.05, 4.69) is 30.9 Å². The maximum atomic E-state index is 14.5. The fraction of sp³-hybridized carbons (Fsp3) is 0.286. The molecule has 0 unspecified atom stereocenters. The van der Waals surface area contributed by atoms with Crippen LogP contribution in [0.3, 0.4) is 0 Å². The van der Waals surface area contributed by atoms with Gasteiger partial charge in [0.15, 0.2) is 11.6 Å². The molecule has 0 spiro atoms. The Balaban J connectivity index is 1.12. The predicted octanol–water partition coefficient (Wildman–Crippen LogP) is 5.57. The smallest absolute Gasteiger partial charge is 0.328 e. The molecule has 3 aromatic heterocycles. The molecule has 0 atom stereocenters. The number of halogens is 2. The minimum atomic E-state index is -1.01. The summed E-state index contributed by atoms with van der Waals surface area (Å²) in [6, 6.07) is 14.1. The number of hydrogen-bond acceptors (Lipinski definition) is 8. The zero-order chi connectivity index (χ0) is 33.6. The Kier molecular flexibility index (Phi) is 9.73. The Labute approximate surface area is 275 Å². The molecule has 1 fully saturated rings. The SMILES string of the molecule is CCn1cncc1Cn1c(CN2CCC(Oc3ccc(F)c(COc4ccc(C#N)cc4F)n3)CC2)nc2ccc(/C=C/C(=O)O)cc21. The number of likely N-dealkylation sites (tertiary alicyclic amines) is 1. The van der Waals surface area contributed by atoms with Gasteiger partial charge in [-0.25, -0.2) is 28.5 Å². The third-order valence-electron chi connectivity index (χ3n) is 8.23. The van der Waals surface area contributed by atoms with Gasteiger partial charge in [0.25, 0.3) is 0 Å². The van der Waals surface area contributed by atoms with E-state index in [9.17, 15) is 13.6 Å². The van der Waals surface area contributed by atoms with Gasteiger partial charge in [-0.15, -0.1) is 0 Å². The Morgan fingerprint density at radius 1 is 1.08 bits per heavy atom. The number of aromatic nitrogens is 5. The minimum absolute atomic E-state index is 0.0152. The number of nitrogens with zero attached hydrogens (tertiary/aromatic N) is 7. The van der Waals surface area contributed by atoms with Gasteiger partial charge < -0.3 is 23.7 Å². The third kappa shape index (κ3) is 7.50. The molecule has 13 heteroatoms. The average Bonchev–Trinajstić information content (AvgIpc) is 3.68. The number of carboxylic acids is 1. The van der Waals surface area contributed by atoms with Crippen molar-refractivity contribution >= 4 is 23.1 Å². The molecule has 1 aliphatic heterocycles. The van der Waals surface area contributed by atoms with Gasteiger partial charge >= 0.3 is 5.97 Å². The molecule has 0 saturated carbocycles. The van der Waals surface area contributed by atoms with Crippen molar-refractivity contribution in [3.05, 3.63) is 107 Å². The molecule has 48 heavy (non-hydrogen) atoms. The number of imidazole rings is 2. The highest BCUT2D eigenvalue weighted by atomic mass is 19.1. The van der Waals surface area contributed by atoms with Crippen LogP contribution < -0.4 is 9.47 Å². The highest BCUT2D eigenvalue weighted by molar-refractivity contribution is 5.87. The molecule has 0 bridgehead atoms. The number of aliphatic carboxylic acids is 1. The van der Waals surface area contributed by atoms with Crippen molar-refractivity contribution in [3.63, 3.8) is 0 Å². The maximum absolute atomic E-state index is 14.5. The van der Waals surface area contributed by atoms with Crippen LogP contribution in [0, 0.1) is 23.0 Å². The number of nitriles is 1. The molecule has 1 saturated heterocycles. The lowest BCUT2D eigenvalue weighted by molar-refractivity contribution is -0.131. The normalized spacial score (nSPS) is 14.0. The topological polar surface area (TPSA) is 131 Å². The standard InChI is InChI=1S/C35H33F2N7O4/c1-2-43-22-39-18-25(43)19-44-31-16-23(5-10-35(45)46)3-7-29(31)40-33(44)20-42-13-11-26(12-14-42)48-34-9-6-27(36)30(41-34)21-47-32-8-4-24(17-38)15-28(32)37/h3-10,15-16,18,22,26H,2,11-14,19-21H2,1H3,(H,45,46)/b10-5+. The molecular formula is C35H33F2N7O4. The van der Waals surface area contributed by atoms with Crippen LogP contribution in [0.2, 0.25) is 0 Å². The summed E-state index contributed by atoms with van der Waals surface area (Å²) in [5.74, 6) is -1.28. The number of pyridine rings is 1. The quantitative estimate of drug-likeness (QED) is 0.172. The number of ether oxygens (including phenoxy) is 2. The molecule has 1 aliphatic rings. The number of benzene rings is 2. The van der Waals surface area contributed by atoms with Crippen LogP contribution in [-0.4, -0.2) is 59.3 Å². The molecule has 1 N–H and O–H groups in total. The van der Waals surface area contributed by atoms with Crippen LogP contribution in [-0.2, 0) is 31.0 Å². The summed E-state index contributed by atoms with van der Waals surface area (Å²) >= 11 is 0. The lowest BCUT2D eigenvalue weighted by atomic mass is 10.1. The van der Waals surface area contributed by atoms with Crippen LogP contribution in [0.1, 0.15) is 48.1 Å². The van der Waals surface area contributed by atoms with Gasteiger partial charge in [-0.05, 0) is 67.8 Å².